The van der Waals surface area contributed by atoms with Crippen molar-refractivity contribution in [1.82, 2.24) is 4.90 Å². The molecule has 0 amide bonds. The number of hydrogen-bond donors (Lipinski definition) is 1. The zero-order valence-corrected chi connectivity index (χ0v) is 5.83. The van der Waals surface area contributed by atoms with Gasteiger partial charge in [0.25, 0.3) is 0 Å². The topological polar surface area (TPSA) is 23.5 Å². The fraction of sp³-hybridized carbons (Fsp3) is 0.250. The average Bonchev–Trinajstić information content (AvgIpc) is 1.88. The van der Waals surface area contributed by atoms with E-state index < -0.39 is 0 Å². The van der Waals surface area contributed by atoms with E-state index in [2.05, 4.69) is 6.58 Å². The van der Waals surface area contributed by atoms with Gasteiger partial charge in [-0.3, -0.25) is 0 Å². The molecule has 54 valence electrons. The van der Waals surface area contributed by atoms with Gasteiger partial charge in [0, 0.05) is 6.54 Å². The quantitative estimate of drug-likeness (QED) is 0.582. The SMILES string of the molecule is C=CCN1C=CC=C(O)C1. The first-order chi connectivity index (χ1) is 4.83. The lowest BCUT2D eigenvalue weighted by Crippen LogP contribution is -2.21. The minimum atomic E-state index is 0.407. The van der Waals surface area contributed by atoms with Crippen LogP contribution < -0.4 is 0 Å². The average molecular weight is 137 g/mol. The van der Waals surface area contributed by atoms with Gasteiger partial charge >= 0.3 is 0 Å². The number of aliphatic hydroxyl groups is 1. The molecule has 1 N–H and O–H groups in total. The van der Waals surface area contributed by atoms with Crippen LogP contribution >= 0.6 is 0 Å². The molecule has 0 aromatic rings. The molecule has 10 heavy (non-hydrogen) atoms. The van der Waals surface area contributed by atoms with E-state index in [9.17, 15) is 0 Å². The highest BCUT2D eigenvalue weighted by molar-refractivity contribution is 5.13. The summed E-state index contributed by atoms with van der Waals surface area (Å²) >= 11 is 0. The molecule has 0 bridgehead atoms. The van der Waals surface area contributed by atoms with Crippen LogP contribution in [0.15, 0.2) is 36.8 Å². The monoisotopic (exact) mass is 137 g/mol. The molecule has 0 aliphatic carbocycles. The minimum absolute atomic E-state index is 0.407. The first-order valence-electron chi connectivity index (χ1n) is 3.24. The molecule has 0 saturated carbocycles. The normalized spacial score (nSPS) is 16.8. The summed E-state index contributed by atoms with van der Waals surface area (Å²) in [6.45, 7) is 4.99. The van der Waals surface area contributed by atoms with Gasteiger partial charge in [-0.05, 0) is 18.4 Å². The molecule has 0 aromatic heterocycles. The molecule has 2 heteroatoms. The van der Waals surface area contributed by atoms with Gasteiger partial charge < -0.3 is 10.0 Å². The van der Waals surface area contributed by atoms with Crippen molar-refractivity contribution in [3.63, 3.8) is 0 Å². The van der Waals surface area contributed by atoms with E-state index in [0.717, 1.165) is 6.54 Å². The molecule has 0 unspecified atom stereocenters. The van der Waals surface area contributed by atoms with Crippen LogP contribution in [-0.4, -0.2) is 23.1 Å². The second kappa shape index (κ2) is 3.11. The maximum Gasteiger partial charge on any atom is 0.112 e. The van der Waals surface area contributed by atoms with Crippen LogP contribution in [0.25, 0.3) is 0 Å². The van der Waals surface area contributed by atoms with Crippen molar-refractivity contribution in [2.24, 2.45) is 0 Å². The lowest BCUT2D eigenvalue weighted by molar-refractivity contribution is 0.322. The smallest absolute Gasteiger partial charge is 0.112 e. The number of hydrogen-bond acceptors (Lipinski definition) is 2. The lowest BCUT2D eigenvalue weighted by atomic mass is 10.3. The van der Waals surface area contributed by atoms with E-state index in [1.807, 2.05) is 23.3 Å². The van der Waals surface area contributed by atoms with Crippen LogP contribution in [0.5, 0.6) is 0 Å². The standard InChI is InChI=1S/C8H11NO/c1-2-5-9-6-3-4-8(10)7-9/h2-4,6,10H,1,5,7H2. The highest BCUT2D eigenvalue weighted by Crippen LogP contribution is 2.03. The minimum Gasteiger partial charge on any atom is -0.510 e. The first kappa shape index (κ1) is 6.93. The molecule has 2 nitrogen and oxygen atoms in total. The van der Waals surface area contributed by atoms with Crippen LogP contribution in [0.3, 0.4) is 0 Å². The molecule has 1 heterocycles. The molecular formula is C8H11NO. The first-order valence-corrected chi connectivity index (χ1v) is 3.24. The zero-order chi connectivity index (χ0) is 7.40. The summed E-state index contributed by atoms with van der Waals surface area (Å²) < 4.78 is 0. The molecule has 0 aromatic carbocycles. The Morgan fingerprint density at radius 3 is 3.20 bits per heavy atom. The molecule has 1 aliphatic rings. The van der Waals surface area contributed by atoms with Gasteiger partial charge in [-0.1, -0.05) is 6.08 Å². The maximum atomic E-state index is 9.04. The number of rotatable bonds is 2. The second-order valence-electron chi connectivity index (χ2n) is 2.22. The van der Waals surface area contributed by atoms with E-state index in [1.165, 1.54) is 0 Å². The van der Waals surface area contributed by atoms with Crippen LogP contribution in [-0.2, 0) is 0 Å². The summed E-state index contributed by atoms with van der Waals surface area (Å²) in [4.78, 5) is 1.97. The summed E-state index contributed by atoms with van der Waals surface area (Å²) in [6, 6.07) is 0. The van der Waals surface area contributed by atoms with Gasteiger partial charge in [-0.2, -0.15) is 0 Å². The summed E-state index contributed by atoms with van der Waals surface area (Å²) in [7, 11) is 0. The van der Waals surface area contributed by atoms with Crippen molar-refractivity contribution in [3.8, 4) is 0 Å². The van der Waals surface area contributed by atoms with Crippen molar-refractivity contribution in [1.29, 1.82) is 0 Å². The van der Waals surface area contributed by atoms with Gasteiger partial charge in [0.1, 0.15) is 5.76 Å². The molecule has 0 spiro atoms. The van der Waals surface area contributed by atoms with Crippen molar-refractivity contribution in [3.05, 3.63) is 36.8 Å². The predicted octanol–water partition coefficient (Wildman–Crippen LogP) is 1.44. The van der Waals surface area contributed by atoms with E-state index in [0.29, 0.717) is 12.3 Å². The zero-order valence-electron chi connectivity index (χ0n) is 5.83. The highest BCUT2D eigenvalue weighted by atomic mass is 16.3. The van der Waals surface area contributed by atoms with Crippen molar-refractivity contribution < 1.29 is 5.11 Å². The van der Waals surface area contributed by atoms with E-state index >= 15 is 0 Å². The Kier molecular flexibility index (Phi) is 2.15. The lowest BCUT2D eigenvalue weighted by Gasteiger charge is -2.19. The fourth-order valence-corrected chi connectivity index (χ4v) is 0.881. The van der Waals surface area contributed by atoms with Crippen LogP contribution in [0.2, 0.25) is 0 Å². The van der Waals surface area contributed by atoms with Gasteiger partial charge in [-0.25, -0.2) is 0 Å². The maximum absolute atomic E-state index is 9.04. The predicted molar refractivity (Wildman–Crippen MR) is 41.6 cm³/mol. The molecule has 1 rings (SSSR count). The largest absolute Gasteiger partial charge is 0.510 e. The summed E-state index contributed by atoms with van der Waals surface area (Å²) in [5.74, 6) is 0.407. The third-order valence-corrected chi connectivity index (χ3v) is 1.31. The van der Waals surface area contributed by atoms with E-state index in [1.54, 1.807) is 6.08 Å². The number of nitrogens with zero attached hydrogens (tertiary/aromatic N) is 1. The van der Waals surface area contributed by atoms with Crippen LogP contribution in [0.4, 0.5) is 0 Å². The van der Waals surface area contributed by atoms with Crippen LogP contribution in [0, 0.1) is 0 Å². The summed E-state index contributed by atoms with van der Waals surface area (Å²) in [5.41, 5.74) is 0. The Morgan fingerprint density at radius 2 is 2.60 bits per heavy atom. The Bertz CT molecular complexity index is 182. The summed E-state index contributed by atoms with van der Waals surface area (Å²) in [5, 5.41) is 9.04. The van der Waals surface area contributed by atoms with Gasteiger partial charge in [0.15, 0.2) is 0 Å². The third kappa shape index (κ3) is 1.65. The number of allylic oxidation sites excluding steroid dienone is 2. The van der Waals surface area contributed by atoms with Crippen LogP contribution in [0.1, 0.15) is 0 Å². The Labute approximate surface area is 60.8 Å². The molecule has 0 radical (unpaired) electrons. The Hall–Kier alpha value is -1.18. The molecule has 1 aliphatic heterocycles. The van der Waals surface area contributed by atoms with Gasteiger partial charge in [-0.15, -0.1) is 6.58 Å². The third-order valence-electron chi connectivity index (χ3n) is 1.31. The highest BCUT2D eigenvalue weighted by Gasteiger charge is 2.02. The molecule has 0 atom stereocenters. The molecule has 0 saturated heterocycles. The Morgan fingerprint density at radius 1 is 1.80 bits per heavy atom. The Balaban J connectivity index is 2.47. The molecule has 0 fully saturated rings. The van der Waals surface area contributed by atoms with Crippen molar-refractivity contribution in [2.75, 3.05) is 13.1 Å². The van der Waals surface area contributed by atoms with Crippen molar-refractivity contribution in [2.45, 2.75) is 0 Å². The number of aliphatic hydroxyl groups excluding tert-OH is 1. The van der Waals surface area contributed by atoms with E-state index in [4.69, 9.17) is 5.11 Å². The van der Waals surface area contributed by atoms with Gasteiger partial charge in [0.05, 0.1) is 6.54 Å². The summed E-state index contributed by atoms with van der Waals surface area (Å²) in [6.07, 6.45) is 7.26. The van der Waals surface area contributed by atoms with Gasteiger partial charge in [0.2, 0.25) is 0 Å². The van der Waals surface area contributed by atoms with Crippen molar-refractivity contribution >= 4 is 0 Å². The van der Waals surface area contributed by atoms with E-state index in [-0.39, 0.29) is 0 Å². The fourth-order valence-electron chi connectivity index (χ4n) is 0.881. The molecular weight excluding hydrogens is 126 g/mol. The second-order valence-corrected chi connectivity index (χ2v) is 2.22.